The SMILES string of the molecule is COc1ccc(S(=O)(=O)Nc2ccc(C(=O)NC(C)(C)C)cc2)cc1Br. The Labute approximate surface area is 162 Å². The predicted molar refractivity (Wildman–Crippen MR) is 105 cm³/mol. The minimum absolute atomic E-state index is 0.0970. The number of methoxy groups -OCH3 is 1. The summed E-state index contributed by atoms with van der Waals surface area (Å²) < 4.78 is 33.1. The van der Waals surface area contributed by atoms with Crippen LogP contribution in [0.3, 0.4) is 0 Å². The van der Waals surface area contributed by atoms with Gasteiger partial charge in [0.1, 0.15) is 5.75 Å². The van der Waals surface area contributed by atoms with Crippen LogP contribution in [0, 0.1) is 0 Å². The van der Waals surface area contributed by atoms with Gasteiger partial charge < -0.3 is 10.1 Å². The highest BCUT2D eigenvalue weighted by molar-refractivity contribution is 9.10. The van der Waals surface area contributed by atoms with Crippen molar-refractivity contribution in [3.05, 3.63) is 52.5 Å². The normalized spacial score (nSPS) is 11.7. The average molecular weight is 441 g/mol. The summed E-state index contributed by atoms with van der Waals surface area (Å²) in [6, 6.07) is 10.7. The van der Waals surface area contributed by atoms with Crippen molar-refractivity contribution in [3.63, 3.8) is 0 Å². The third-order valence-electron chi connectivity index (χ3n) is 3.32. The second-order valence-electron chi connectivity index (χ2n) is 6.68. The molecule has 6 nitrogen and oxygen atoms in total. The number of carbonyl (C=O) groups excluding carboxylic acids is 1. The third kappa shape index (κ3) is 5.22. The number of sulfonamides is 1. The van der Waals surface area contributed by atoms with Crippen molar-refractivity contribution in [1.29, 1.82) is 0 Å². The van der Waals surface area contributed by atoms with Gasteiger partial charge in [0, 0.05) is 16.8 Å². The molecule has 0 aliphatic rings. The maximum Gasteiger partial charge on any atom is 0.261 e. The van der Waals surface area contributed by atoms with Crippen LogP contribution in [0.15, 0.2) is 51.8 Å². The highest BCUT2D eigenvalue weighted by Crippen LogP contribution is 2.28. The van der Waals surface area contributed by atoms with Crippen LogP contribution in [-0.2, 0) is 10.0 Å². The van der Waals surface area contributed by atoms with Crippen molar-refractivity contribution in [2.45, 2.75) is 31.2 Å². The van der Waals surface area contributed by atoms with E-state index in [-0.39, 0.29) is 16.3 Å². The van der Waals surface area contributed by atoms with E-state index in [1.54, 1.807) is 30.3 Å². The van der Waals surface area contributed by atoms with E-state index in [0.29, 0.717) is 21.5 Å². The molecule has 0 unspecified atom stereocenters. The number of amides is 1. The molecule has 0 saturated heterocycles. The van der Waals surface area contributed by atoms with Gasteiger partial charge in [0.25, 0.3) is 15.9 Å². The van der Waals surface area contributed by atoms with Crippen LogP contribution in [0.5, 0.6) is 5.75 Å². The molecule has 0 spiro atoms. The Morgan fingerprint density at radius 3 is 2.19 bits per heavy atom. The molecule has 0 fully saturated rings. The number of rotatable bonds is 5. The minimum atomic E-state index is -3.76. The second-order valence-corrected chi connectivity index (χ2v) is 9.22. The molecule has 1 amide bonds. The molecule has 2 aromatic carbocycles. The standard InChI is InChI=1S/C18H21BrN2O4S/c1-18(2,3)20-17(22)12-5-7-13(8-6-12)21-26(23,24)14-9-10-16(25-4)15(19)11-14/h5-11,21H,1-4H3,(H,20,22). The molecule has 0 bridgehead atoms. The lowest BCUT2D eigenvalue weighted by Crippen LogP contribution is -2.40. The van der Waals surface area contributed by atoms with Crippen LogP contribution < -0.4 is 14.8 Å². The molecule has 0 aliphatic heterocycles. The van der Waals surface area contributed by atoms with E-state index in [9.17, 15) is 13.2 Å². The molecule has 0 heterocycles. The van der Waals surface area contributed by atoms with E-state index in [2.05, 4.69) is 26.0 Å². The molecule has 0 aliphatic carbocycles. The molecule has 0 aromatic heterocycles. The summed E-state index contributed by atoms with van der Waals surface area (Å²) in [6.45, 7) is 5.67. The first-order valence-corrected chi connectivity index (χ1v) is 10.1. The first kappa shape index (κ1) is 20.3. The largest absolute Gasteiger partial charge is 0.496 e. The van der Waals surface area contributed by atoms with Gasteiger partial charge in [-0.2, -0.15) is 0 Å². The monoisotopic (exact) mass is 440 g/mol. The van der Waals surface area contributed by atoms with Crippen molar-refractivity contribution in [2.24, 2.45) is 0 Å². The lowest BCUT2D eigenvalue weighted by atomic mass is 10.1. The van der Waals surface area contributed by atoms with E-state index in [1.807, 2.05) is 20.8 Å². The first-order chi connectivity index (χ1) is 12.0. The van der Waals surface area contributed by atoms with Gasteiger partial charge in [0.05, 0.1) is 16.5 Å². The molecule has 0 atom stereocenters. The van der Waals surface area contributed by atoms with Crippen molar-refractivity contribution in [3.8, 4) is 5.75 Å². The molecule has 26 heavy (non-hydrogen) atoms. The minimum Gasteiger partial charge on any atom is -0.496 e. The Morgan fingerprint density at radius 1 is 1.08 bits per heavy atom. The smallest absolute Gasteiger partial charge is 0.261 e. The predicted octanol–water partition coefficient (Wildman–Crippen LogP) is 3.79. The fourth-order valence-corrected chi connectivity index (χ4v) is 3.91. The van der Waals surface area contributed by atoms with Crippen LogP contribution in [0.25, 0.3) is 0 Å². The summed E-state index contributed by atoms with van der Waals surface area (Å²) in [5, 5.41) is 2.85. The van der Waals surface area contributed by atoms with Gasteiger partial charge in [-0.1, -0.05) is 0 Å². The lowest BCUT2D eigenvalue weighted by molar-refractivity contribution is 0.0919. The van der Waals surface area contributed by atoms with Crippen LogP contribution >= 0.6 is 15.9 Å². The zero-order valence-electron chi connectivity index (χ0n) is 15.0. The third-order valence-corrected chi connectivity index (χ3v) is 5.32. The van der Waals surface area contributed by atoms with Crippen LogP contribution in [-0.4, -0.2) is 27.0 Å². The van der Waals surface area contributed by atoms with Crippen LogP contribution in [0.4, 0.5) is 5.69 Å². The number of hydrogen-bond acceptors (Lipinski definition) is 4. The summed E-state index contributed by atoms with van der Waals surface area (Å²) in [6.07, 6.45) is 0. The number of anilines is 1. The first-order valence-electron chi connectivity index (χ1n) is 7.81. The Morgan fingerprint density at radius 2 is 1.69 bits per heavy atom. The maximum absolute atomic E-state index is 12.5. The lowest BCUT2D eigenvalue weighted by Gasteiger charge is -2.20. The average Bonchev–Trinajstić information content (AvgIpc) is 2.53. The van der Waals surface area contributed by atoms with Crippen molar-refractivity contribution in [1.82, 2.24) is 5.32 Å². The van der Waals surface area contributed by atoms with Gasteiger partial charge in [-0.05, 0) is 79.2 Å². The molecule has 8 heteroatoms. The Bertz CT molecular complexity index is 904. The van der Waals surface area contributed by atoms with Crippen molar-refractivity contribution in [2.75, 3.05) is 11.8 Å². The molecular weight excluding hydrogens is 420 g/mol. The molecular formula is C18H21BrN2O4S. The fourth-order valence-electron chi connectivity index (χ4n) is 2.13. The van der Waals surface area contributed by atoms with Gasteiger partial charge in [-0.25, -0.2) is 8.42 Å². The van der Waals surface area contributed by atoms with Crippen LogP contribution in [0.1, 0.15) is 31.1 Å². The number of nitrogens with one attached hydrogen (secondary N) is 2. The quantitative estimate of drug-likeness (QED) is 0.740. The molecule has 2 aromatic rings. The molecule has 0 radical (unpaired) electrons. The fraction of sp³-hybridized carbons (Fsp3) is 0.278. The van der Waals surface area contributed by atoms with E-state index in [4.69, 9.17) is 4.74 Å². The topological polar surface area (TPSA) is 84.5 Å². The maximum atomic E-state index is 12.5. The summed E-state index contributed by atoms with van der Waals surface area (Å²) in [4.78, 5) is 12.2. The van der Waals surface area contributed by atoms with Crippen molar-refractivity contribution >= 4 is 37.5 Å². The van der Waals surface area contributed by atoms with E-state index < -0.39 is 10.0 Å². The van der Waals surface area contributed by atoms with Gasteiger partial charge in [-0.15, -0.1) is 0 Å². The van der Waals surface area contributed by atoms with Crippen LogP contribution in [0.2, 0.25) is 0 Å². The Hall–Kier alpha value is -2.06. The summed E-state index contributed by atoms with van der Waals surface area (Å²) >= 11 is 3.27. The number of ether oxygens (including phenoxy) is 1. The molecule has 0 saturated carbocycles. The van der Waals surface area contributed by atoms with Gasteiger partial charge >= 0.3 is 0 Å². The molecule has 2 N–H and O–H groups in total. The number of benzene rings is 2. The van der Waals surface area contributed by atoms with Crippen molar-refractivity contribution < 1.29 is 17.9 Å². The molecule has 2 rings (SSSR count). The van der Waals surface area contributed by atoms with E-state index >= 15 is 0 Å². The van der Waals surface area contributed by atoms with Gasteiger partial charge in [0.2, 0.25) is 0 Å². The van der Waals surface area contributed by atoms with E-state index in [0.717, 1.165) is 0 Å². The Balaban J connectivity index is 2.17. The number of halogens is 1. The number of carbonyl (C=O) groups is 1. The highest BCUT2D eigenvalue weighted by atomic mass is 79.9. The summed E-state index contributed by atoms with van der Waals surface area (Å²) in [5.41, 5.74) is 0.471. The Kier molecular flexibility index (Phi) is 5.98. The zero-order valence-corrected chi connectivity index (χ0v) is 17.4. The zero-order chi connectivity index (χ0) is 19.5. The second kappa shape index (κ2) is 7.67. The molecule has 140 valence electrons. The van der Waals surface area contributed by atoms with Gasteiger partial charge in [-0.3, -0.25) is 9.52 Å². The highest BCUT2D eigenvalue weighted by Gasteiger charge is 2.18. The summed E-state index contributed by atoms with van der Waals surface area (Å²) in [5.74, 6) is 0.323. The number of hydrogen-bond donors (Lipinski definition) is 2. The summed E-state index contributed by atoms with van der Waals surface area (Å²) in [7, 11) is -2.25. The van der Waals surface area contributed by atoms with Gasteiger partial charge in [0.15, 0.2) is 0 Å². The van der Waals surface area contributed by atoms with E-state index in [1.165, 1.54) is 19.2 Å².